The van der Waals surface area contributed by atoms with Gasteiger partial charge in [0.15, 0.2) is 0 Å². The highest BCUT2D eigenvalue weighted by Crippen LogP contribution is 2.27. The minimum atomic E-state index is -0.919. The third-order valence-electron chi connectivity index (χ3n) is 4.24. The molecule has 0 saturated carbocycles. The van der Waals surface area contributed by atoms with Gasteiger partial charge in [0.2, 0.25) is 5.91 Å². The third-order valence-corrected chi connectivity index (χ3v) is 4.24. The lowest BCUT2D eigenvalue weighted by Gasteiger charge is -2.24. The average Bonchev–Trinajstić information content (AvgIpc) is 2.79. The number of hydrogen-bond donors (Lipinski definition) is 2. The molecule has 1 unspecified atom stereocenters. The van der Waals surface area contributed by atoms with Gasteiger partial charge < -0.3 is 11.1 Å². The minimum absolute atomic E-state index is 0.132. The van der Waals surface area contributed by atoms with Gasteiger partial charge in [0.1, 0.15) is 12.1 Å². The fourth-order valence-corrected chi connectivity index (χ4v) is 2.88. The van der Waals surface area contributed by atoms with Gasteiger partial charge in [-0.25, -0.2) is 9.69 Å². The number of primary amides is 1. The zero-order chi connectivity index (χ0) is 18.0. The molecule has 0 aliphatic carbocycles. The normalized spacial score (nSPS) is 19.1. The van der Waals surface area contributed by atoms with Crippen LogP contribution in [0, 0.1) is 5.92 Å². The van der Waals surface area contributed by atoms with Gasteiger partial charge in [-0.2, -0.15) is 0 Å². The van der Waals surface area contributed by atoms with Crippen molar-refractivity contribution in [3.63, 3.8) is 0 Å². The van der Waals surface area contributed by atoms with Crippen molar-refractivity contribution in [2.45, 2.75) is 52.1 Å². The number of nitrogens with zero attached hydrogens (tertiary/aromatic N) is 1. The first-order chi connectivity index (χ1) is 11.2. The second kappa shape index (κ2) is 7.03. The van der Waals surface area contributed by atoms with E-state index in [9.17, 15) is 14.4 Å². The van der Waals surface area contributed by atoms with Gasteiger partial charge in [-0.3, -0.25) is 9.59 Å². The fraction of sp³-hybridized carbons (Fsp3) is 0.500. The molecule has 1 aliphatic heterocycles. The van der Waals surface area contributed by atoms with Crippen LogP contribution in [0.3, 0.4) is 0 Å². The van der Waals surface area contributed by atoms with Crippen molar-refractivity contribution in [1.29, 1.82) is 0 Å². The summed E-state index contributed by atoms with van der Waals surface area (Å²) in [4.78, 5) is 37.7. The van der Waals surface area contributed by atoms with Gasteiger partial charge in [0.25, 0.3) is 5.91 Å². The van der Waals surface area contributed by atoms with Crippen LogP contribution in [0.5, 0.6) is 0 Å². The molecule has 2 rings (SSSR count). The molecule has 1 aromatic carbocycles. The highest BCUT2D eigenvalue weighted by molar-refractivity contribution is 6.07. The van der Waals surface area contributed by atoms with Crippen molar-refractivity contribution in [1.82, 2.24) is 10.2 Å². The van der Waals surface area contributed by atoms with Crippen LogP contribution in [-0.4, -0.2) is 28.8 Å². The maximum atomic E-state index is 12.7. The first-order valence-corrected chi connectivity index (χ1v) is 8.25. The molecule has 1 saturated heterocycles. The Morgan fingerprint density at radius 3 is 2.21 bits per heavy atom. The standard InChI is InChI=1S/C18H25N3O3/c1-10(2)9-14(16(19)22)21-17(23)15(20-18(21)24)13-7-5-12(6-8-13)11(3)4/h5-8,10-11,14-15H,9H2,1-4H3,(H2,19,22)(H,20,24)/t14-,15?/m0/s1. The zero-order valence-electron chi connectivity index (χ0n) is 14.6. The highest BCUT2D eigenvalue weighted by Gasteiger charge is 2.44. The van der Waals surface area contributed by atoms with Crippen LogP contribution in [0.15, 0.2) is 24.3 Å². The summed E-state index contributed by atoms with van der Waals surface area (Å²) in [7, 11) is 0. The molecule has 0 bridgehead atoms. The molecule has 0 aromatic heterocycles. The summed E-state index contributed by atoms with van der Waals surface area (Å²) in [6.07, 6.45) is 0.355. The Labute approximate surface area is 142 Å². The monoisotopic (exact) mass is 331 g/mol. The van der Waals surface area contributed by atoms with Crippen LogP contribution in [0.25, 0.3) is 0 Å². The molecule has 1 fully saturated rings. The molecule has 1 aliphatic rings. The van der Waals surface area contributed by atoms with Crippen LogP contribution < -0.4 is 11.1 Å². The molecule has 6 heteroatoms. The van der Waals surface area contributed by atoms with E-state index in [1.807, 2.05) is 38.1 Å². The quantitative estimate of drug-likeness (QED) is 0.783. The van der Waals surface area contributed by atoms with E-state index in [1.54, 1.807) is 0 Å². The summed E-state index contributed by atoms with van der Waals surface area (Å²) >= 11 is 0. The number of nitrogens with two attached hydrogens (primary N) is 1. The van der Waals surface area contributed by atoms with Crippen molar-refractivity contribution < 1.29 is 14.4 Å². The second-order valence-corrected chi connectivity index (χ2v) is 6.96. The van der Waals surface area contributed by atoms with Crippen LogP contribution in [0.1, 0.15) is 57.2 Å². The molecular formula is C18H25N3O3. The van der Waals surface area contributed by atoms with Crippen LogP contribution in [0.4, 0.5) is 4.79 Å². The van der Waals surface area contributed by atoms with E-state index in [4.69, 9.17) is 5.73 Å². The number of urea groups is 1. The number of amides is 4. The summed E-state index contributed by atoms with van der Waals surface area (Å²) in [5, 5.41) is 2.66. The average molecular weight is 331 g/mol. The Kier molecular flexibility index (Phi) is 5.26. The van der Waals surface area contributed by atoms with Crippen molar-refractivity contribution in [2.24, 2.45) is 11.7 Å². The van der Waals surface area contributed by atoms with E-state index in [1.165, 1.54) is 0 Å². The van der Waals surface area contributed by atoms with E-state index in [0.717, 1.165) is 10.5 Å². The number of carbonyl (C=O) groups is 3. The maximum absolute atomic E-state index is 12.7. The van der Waals surface area contributed by atoms with E-state index < -0.39 is 29.9 Å². The van der Waals surface area contributed by atoms with E-state index in [-0.39, 0.29) is 5.92 Å². The number of imide groups is 1. The summed E-state index contributed by atoms with van der Waals surface area (Å²) < 4.78 is 0. The molecule has 4 amide bonds. The zero-order valence-corrected chi connectivity index (χ0v) is 14.6. The van der Waals surface area contributed by atoms with E-state index in [2.05, 4.69) is 19.2 Å². The van der Waals surface area contributed by atoms with Crippen molar-refractivity contribution in [3.8, 4) is 0 Å². The molecule has 0 radical (unpaired) electrons. The Bertz CT molecular complexity index is 637. The van der Waals surface area contributed by atoms with E-state index in [0.29, 0.717) is 17.9 Å². The maximum Gasteiger partial charge on any atom is 0.325 e. The summed E-state index contributed by atoms with van der Waals surface area (Å²) in [5.74, 6) is -0.577. The van der Waals surface area contributed by atoms with Gasteiger partial charge in [-0.1, -0.05) is 52.0 Å². The molecule has 6 nitrogen and oxygen atoms in total. The van der Waals surface area contributed by atoms with Gasteiger partial charge in [-0.05, 0) is 29.4 Å². The Balaban J connectivity index is 2.25. The molecule has 130 valence electrons. The van der Waals surface area contributed by atoms with Crippen LogP contribution in [0.2, 0.25) is 0 Å². The van der Waals surface area contributed by atoms with Gasteiger partial charge in [0.05, 0.1) is 0 Å². The number of carbonyl (C=O) groups excluding carboxylic acids is 3. The topological polar surface area (TPSA) is 92.5 Å². The predicted octanol–water partition coefficient (Wildman–Crippen LogP) is 2.30. The first-order valence-electron chi connectivity index (χ1n) is 8.25. The molecule has 0 spiro atoms. The summed E-state index contributed by atoms with van der Waals surface area (Å²) in [6.45, 7) is 8.00. The molecule has 1 aromatic rings. The molecule has 3 N–H and O–H groups in total. The van der Waals surface area contributed by atoms with Gasteiger partial charge in [0, 0.05) is 0 Å². The van der Waals surface area contributed by atoms with Crippen LogP contribution in [-0.2, 0) is 9.59 Å². The lowest BCUT2D eigenvalue weighted by molar-refractivity contribution is -0.135. The smallest absolute Gasteiger partial charge is 0.325 e. The largest absolute Gasteiger partial charge is 0.368 e. The van der Waals surface area contributed by atoms with Gasteiger partial charge in [-0.15, -0.1) is 0 Å². The first kappa shape index (κ1) is 18.0. The predicted molar refractivity (Wildman–Crippen MR) is 91.1 cm³/mol. The van der Waals surface area contributed by atoms with Crippen LogP contribution >= 0.6 is 0 Å². The summed E-state index contributed by atoms with van der Waals surface area (Å²) in [5.41, 5.74) is 7.27. The molecule has 24 heavy (non-hydrogen) atoms. The number of rotatable bonds is 6. The molecule has 2 atom stereocenters. The minimum Gasteiger partial charge on any atom is -0.368 e. The number of nitrogens with one attached hydrogen (secondary N) is 1. The molecular weight excluding hydrogens is 306 g/mol. The third kappa shape index (κ3) is 3.58. The fourth-order valence-electron chi connectivity index (χ4n) is 2.88. The van der Waals surface area contributed by atoms with Crippen molar-refractivity contribution in [3.05, 3.63) is 35.4 Å². The molecule has 1 heterocycles. The Morgan fingerprint density at radius 1 is 1.17 bits per heavy atom. The number of hydrogen-bond acceptors (Lipinski definition) is 3. The highest BCUT2D eigenvalue weighted by atomic mass is 16.2. The summed E-state index contributed by atoms with van der Waals surface area (Å²) in [6, 6.07) is 5.31. The Morgan fingerprint density at radius 2 is 1.75 bits per heavy atom. The number of benzene rings is 1. The van der Waals surface area contributed by atoms with Crippen molar-refractivity contribution >= 4 is 17.8 Å². The van der Waals surface area contributed by atoms with Gasteiger partial charge >= 0.3 is 6.03 Å². The lowest BCUT2D eigenvalue weighted by atomic mass is 9.98. The Hall–Kier alpha value is -2.37. The lowest BCUT2D eigenvalue weighted by Crippen LogP contribution is -2.48. The SMILES string of the molecule is CC(C)C[C@@H](C(N)=O)N1C(=O)NC(c2ccc(C(C)C)cc2)C1=O. The second-order valence-electron chi connectivity index (χ2n) is 6.96. The van der Waals surface area contributed by atoms with E-state index >= 15 is 0 Å². The van der Waals surface area contributed by atoms with Crippen molar-refractivity contribution in [2.75, 3.05) is 0 Å².